The predicted octanol–water partition coefficient (Wildman–Crippen LogP) is 1.56. The number of carbonyl (C=O) groups excluding carboxylic acids is 1. The van der Waals surface area contributed by atoms with Gasteiger partial charge in [0.1, 0.15) is 0 Å². The number of nitrogens with one attached hydrogen (secondary N) is 1. The molecule has 2 heterocycles. The van der Waals surface area contributed by atoms with Gasteiger partial charge < -0.3 is 10.2 Å². The SMILES string of the molecule is CC1NCC2c3ccccc3C(=O)N2C1C. The molecular weight excluding hydrogens is 200 g/mol. The summed E-state index contributed by atoms with van der Waals surface area (Å²) in [6.45, 7) is 5.12. The molecular formula is C13H16N2O. The zero-order chi connectivity index (χ0) is 11.3. The van der Waals surface area contributed by atoms with Crippen LogP contribution in [0.15, 0.2) is 24.3 Å². The molecule has 1 aromatic carbocycles. The molecule has 3 nitrogen and oxygen atoms in total. The summed E-state index contributed by atoms with van der Waals surface area (Å²) in [5.41, 5.74) is 2.06. The van der Waals surface area contributed by atoms with E-state index in [0.29, 0.717) is 6.04 Å². The van der Waals surface area contributed by atoms with Gasteiger partial charge in [0.2, 0.25) is 0 Å². The van der Waals surface area contributed by atoms with Gasteiger partial charge in [-0.05, 0) is 25.5 Å². The average molecular weight is 216 g/mol. The number of carbonyl (C=O) groups is 1. The maximum atomic E-state index is 12.3. The van der Waals surface area contributed by atoms with Gasteiger partial charge in [0.25, 0.3) is 5.91 Å². The standard InChI is InChI=1S/C13H16N2O/c1-8-9(2)15-12(7-14-8)10-5-3-4-6-11(10)13(15)16/h3-6,8-9,12,14H,7H2,1-2H3. The van der Waals surface area contributed by atoms with Crippen LogP contribution in [-0.4, -0.2) is 29.4 Å². The van der Waals surface area contributed by atoms with Crippen molar-refractivity contribution >= 4 is 5.91 Å². The van der Waals surface area contributed by atoms with Gasteiger partial charge in [0, 0.05) is 24.2 Å². The van der Waals surface area contributed by atoms with Crippen molar-refractivity contribution in [2.45, 2.75) is 32.0 Å². The molecule has 0 saturated carbocycles. The zero-order valence-corrected chi connectivity index (χ0v) is 9.60. The smallest absolute Gasteiger partial charge is 0.255 e. The fraction of sp³-hybridized carbons (Fsp3) is 0.462. The number of nitrogens with zero attached hydrogens (tertiary/aromatic N) is 1. The number of hydrogen-bond acceptors (Lipinski definition) is 2. The third-order valence-electron chi connectivity index (χ3n) is 3.92. The maximum Gasteiger partial charge on any atom is 0.255 e. The molecule has 0 bridgehead atoms. The van der Waals surface area contributed by atoms with Crippen molar-refractivity contribution < 1.29 is 4.79 Å². The molecule has 0 radical (unpaired) electrons. The largest absolute Gasteiger partial charge is 0.326 e. The van der Waals surface area contributed by atoms with E-state index in [4.69, 9.17) is 0 Å². The van der Waals surface area contributed by atoms with Crippen LogP contribution in [0.3, 0.4) is 0 Å². The number of benzene rings is 1. The van der Waals surface area contributed by atoms with Gasteiger partial charge in [-0.15, -0.1) is 0 Å². The molecule has 1 amide bonds. The summed E-state index contributed by atoms with van der Waals surface area (Å²) in [5, 5.41) is 3.47. The van der Waals surface area contributed by atoms with Crippen LogP contribution in [0, 0.1) is 0 Å². The molecule has 3 heteroatoms. The van der Waals surface area contributed by atoms with Crippen molar-refractivity contribution in [3.05, 3.63) is 35.4 Å². The molecule has 0 aliphatic carbocycles. The highest BCUT2D eigenvalue weighted by atomic mass is 16.2. The fourth-order valence-corrected chi connectivity index (χ4v) is 2.80. The first-order valence-electron chi connectivity index (χ1n) is 5.85. The number of rotatable bonds is 0. The monoisotopic (exact) mass is 216 g/mol. The Balaban J connectivity index is 2.07. The summed E-state index contributed by atoms with van der Waals surface area (Å²) >= 11 is 0. The highest BCUT2D eigenvalue weighted by Crippen LogP contribution is 2.37. The fourth-order valence-electron chi connectivity index (χ4n) is 2.80. The Bertz CT molecular complexity index is 443. The van der Waals surface area contributed by atoms with Crippen LogP contribution in [0.2, 0.25) is 0 Å². The van der Waals surface area contributed by atoms with Crippen molar-refractivity contribution in [3.63, 3.8) is 0 Å². The summed E-state index contributed by atoms with van der Waals surface area (Å²) < 4.78 is 0. The molecule has 84 valence electrons. The van der Waals surface area contributed by atoms with Crippen LogP contribution in [-0.2, 0) is 0 Å². The van der Waals surface area contributed by atoms with Crippen molar-refractivity contribution in [2.75, 3.05) is 6.54 Å². The van der Waals surface area contributed by atoms with Crippen molar-refractivity contribution in [2.24, 2.45) is 0 Å². The summed E-state index contributed by atoms with van der Waals surface area (Å²) in [4.78, 5) is 14.3. The second kappa shape index (κ2) is 3.32. The quantitative estimate of drug-likeness (QED) is 0.714. The Hall–Kier alpha value is -1.35. The van der Waals surface area contributed by atoms with Crippen LogP contribution >= 0.6 is 0 Å². The Morgan fingerprint density at radius 2 is 2.06 bits per heavy atom. The van der Waals surface area contributed by atoms with Gasteiger partial charge >= 0.3 is 0 Å². The normalized spacial score (nSPS) is 32.5. The van der Waals surface area contributed by atoms with E-state index >= 15 is 0 Å². The van der Waals surface area contributed by atoms with Gasteiger partial charge in [-0.3, -0.25) is 4.79 Å². The van der Waals surface area contributed by atoms with E-state index in [-0.39, 0.29) is 18.0 Å². The summed E-state index contributed by atoms with van der Waals surface area (Å²) in [7, 11) is 0. The summed E-state index contributed by atoms with van der Waals surface area (Å²) in [6.07, 6.45) is 0. The highest BCUT2D eigenvalue weighted by molar-refractivity contribution is 5.99. The first kappa shape index (κ1) is 9.85. The lowest BCUT2D eigenvalue weighted by molar-refractivity contribution is 0.0506. The molecule has 1 fully saturated rings. The Morgan fingerprint density at radius 1 is 1.31 bits per heavy atom. The van der Waals surface area contributed by atoms with E-state index in [1.54, 1.807) is 0 Å². The zero-order valence-electron chi connectivity index (χ0n) is 9.60. The van der Waals surface area contributed by atoms with Crippen molar-refractivity contribution in [1.82, 2.24) is 10.2 Å². The second-order valence-corrected chi connectivity index (χ2v) is 4.75. The Labute approximate surface area is 95.4 Å². The Kier molecular flexibility index (Phi) is 2.04. The van der Waals surface area contributed by atoms with Crippen molar-refractivity contribution in [3.8, 4) is 0 Å². The van der Waals surface area contributed by atoms with E-state index in [2.05, 4.69) is 25.2 Å². The molecule has 2 aliphatic heterocycles. The topological polar surface area (TPSA) is 32.3 Å². The number of amides is 1. The molecule has 0 aromatic heterocycles. The van der Waals surface area contributed by atoms with Gasteiger partial charge in [0.05, 0.1) is 6.04 Å². The van der Waals surface area contributed by atoms with E-state index in [1.165, 1.54) is 5.56 Å². The van der Waals surface area contributed by atoms with Gasteiger partial charge in [-0.2, -0.15) is 0 Å². The second-order valence-electron chi connectivity index (χ2n) is 4.75. The van der Waals surface area contributed by atoms with Crippen LogP contribution in [0.5, 0.6) is 0 Å². The van der Waals surface area contributed by atoms with Crippen molar-refractivity contribution in [1.29, 1.82) is 0 Å². The molecule has 16 heavy (non-hydrogen) atoms. The first-order chi connectivity index (χ1) is 7.70. The van der Waals surface area contributed by atoms with E-state index in [9.17, 15) is 4.79 Å². The number of piperazine rings is 1. The lowest BCUT2D eigenvalue weighted by Crippen LogP contribution is -2.56. The number of fused-ring (bicyclic) bond motifs is 3. The third-order valence-corrected chi connectivity index (χ3v) is 3.92. The van der Waals surface area contributed by atoms with E-state index in [1.807, 2.05) is 23.1 Å². The molecule has 1 N–H and O–H groups in total. The van der Waals surface area contributed by atoms with Crippen LogP contribution in [0.1, 0.15) is 35.8 Å². The first-order valence-corrected chi connectivity index (χ1v) is 5.85. The van der Waals surface area contributed by atoms with Gasteiger partial charge in [0.15, 0.2) is 0 Å². The summed E-state index contributed by atoms with van der Waals surface area (Å²) in [6, 6.07) is 8.83. The minimum atomic E-state index is 0.196. The molecule has 0 spiro atoms. The highest BCUT2D eigenvalue weighted by Gasteiger charge is 2.43. The van der Waals surface area contributed by atoms with Gasteiger partial charge in [-0.25, -0.2) is 0 Å². The lowest BCUT2D eigenvalue weighted by Gasteiger charge is -2.40. The predicted molar refractivity (Wildman–Crippen MR) is 62.3 cm³/mol. The average Bonchev–Trinajstić information content (AvgIpc) is 2.59. The molecule has 3 atom stereocenters. The van der Waals surface area contributed by atoms with Crippen LogP contribution in [0.25, 0.3) is 0 Å². The third kappa shape index (κ3) is 1.15. The van der Waals surface area contributed by atoms with E-state index < -0.39 is 0 Å². The molecule has 3 unspecified atom stereocenters. The van der Waals surface area contributed by atoms with Crippen LogP contribution < -0.4 is 5.32 Å². The molecule has 1 saturated heterocycles. The van der Waals surface area contributed by atoms with Crippen LogP contribution in [0.4, 0.5) is 0 Å². The van der Waals surface area contributed by atoms with Gasteiger partial charge in [-0.1, -0.05) is 18.2 Å². The van der Waals surface area contributed by atoms with E-state index in [0.717, 1.165) is 12.1 Å². The molecule has 1 aromatic rings. The Morgan fingerprint density at radius 3 is 2.88 bits per heavy atom. The lowest BCUT2D eigenvalue weighted by atomic mass is 10.0. The molecule has 2 aliphatic rings. The summed E-state index contributed by atoms with van der Waals surface area (Å²) in [5.74, 6) is 0.196. The maximum absolute atomic E-state index is 12.3. The minimum Gasteiger partial charge on any atom is -0.326 e. The number of hydrogen-bond donors (Lipinski definition) is 1. The molecule has 3 rings (SSSR count). The minimum absolute atomic E-state index is 0.196.